The minimum absolute atomic E-state index is 0.0540. The second-order valence-electron chi connectivity index (χ2n) is 6.18. The summed E-state index contributed by atoms with van der Waals surface area (Å²) >= 11 is 0. The molecule has 0 radical (unpaired) electrons. The van der Waals surface area contributed by atoms with Gasteiger partial charge in [0.25, 0.3) is 0 Å². The average Bonchev–Trinajstić information content (AvgIpc) is 2.95. The number of hydrogen-bond acceptors (Lipinski definition) is 3. The summed E-state index contributed by atoms with van der Waals surface area (Å²) in [4.78, 5) is 0. The fourth-order valence-electron chi connectivity index (χ4n) is 3.24. The van der Waals surface area contributed by atoms with Gasteiger partial charge in [0.15, 0.2) is 0 Å². The van der Waals surface area contributed by atoms with Crippen molar-refractivity contribution in [3.63, 3.8) is 0 Å². The highest BCUT2D eigenvalue weighted by atomic mass is 32.2. The van der Waals surface area contributed by atoms with Crippen molar-refractivity contribution in [2.45, 2.75) is 26.5 Å². The van der Waals surface area contributed by atoms with E-state index in [9.17, 15) is 18.3 Å². The Labute approximate surface area is 164 Å². The second kappa shape index (κ2) is 8.40. The molecule has 0 aliphatic rings. The minimum Gasteiger partial charge on any atom is -0.435 e. The number of fused-ring (bicyclic) bond motifs is 1. The van der Waals surface area contributed by atoms with Crippen LogP contribution in [-0.4, -0.2) is 21.6 Å². The Kier molecular flexibility index (Phi) is 5.95. The van der Waals surface area contributed by atoms with Crippen LogP contribution in [0.5, 0.6) is 5.75 Å². The van der Waals surface area contributed by atoms with Crippen LogP contribution in [0, 0.1) is 11.3 Å². The van der Waals surface area contributed by atoms with Gasteiger partial charge in [-0.2, -0.15) is 14.0 Å². The van der Waals surface area contributed by atoms with E-state index in [0.29, 0.717) is 28.7 Å². The molecule has 1 unspecified atom stereocenters. The molecule has 0 aliphatic heterocycles. The zero-order chi connectivity index (χ0) is 20.3. The number of halogens is 2. The lowest BCUT2D eigenvalue weighted by molar-refractivity contribution is -0.0497. The monoisotopic (exact) mass is 403 g/mol. The van der Waals surface area contributed by atoms with Crippen molar-refractivity contribution in [1.82, 2.24) is 4.57 Å². The van der Waals surface area contributed by atoms with Crippen LogP contribution in [0.15, 0.2) is 42.5 Å². The molecule has 0 fully saturated rings. The number of aryl methyl sites for hydroxylation is 1. The zero-order valence-electron chi connectivity index (χ0n) is 15.4. The van der Waals surface area contributed by atoms with E-state index >= 15 is 0 Å². The van der Waals surface area contributed by atoms with Crippen molar-refractivity contribution in [3.05, 3.63) is 48.0 Å². The molecule has 3 aromatic rings. The lowest BCUT2D eigenvalue weighted by Gasteiger charge is -2.12. The molecule has 0 amide bonds. The number of nitrogens with zero attached hydrogens (tertiary/aromatic N) is 2. The van der Waals surface area contributed by atoms with E-state index in [1.165, 1.54) is 12.1 Å². The van der Waals surface area contributed by atoms with Crippen LogP contribution < -0.4 is 9.46 Å². The minimum atomic E-state index is -2.91. The molecule has 1 atom stereocenters. The molecule has 146 valence electrons. The molecule has 0 saturated carbocycles. The van der Waals surface area contributed by atoms with E-state index < -0.39 is 17.6 Å². The molecule has 8 heteroatoms. The van der Waals surface area contributed by atoms with Gasteiger partial charge in [-0.15, -0.1) is 0 Å². The van der Waals surface area contributed by atoms with E-state index in [1.54, 1.807) is 24.5 Å². The fraction of sp³-hybridized carbons (Fsp3) is 0.250. The zero-order valence-corrected chi connectivity index (χ0v) is 16.2. The van der Waals surface area contributed by atoms with Crippen LogP contribution in [0.3, 0.4) is 0 Å². The average molecular weight is 403 g/mol. The maximum absolute atomic E-state index is 12.6. The Hall–Kier alpha value is -2.92. The molecule has 1 aromatic heterocycles. The Morgan fingerprint density at radius 3 is 2.54 bits per heavy atom. The van der Waals surface area contributed by atoms with E-state index in [2.05, 4.69) is 15.5 Å². The molecule has 0 aliphatic carbocycles. The van der Waals surface area contributed by atoms with Gasteiger partial charge in [-0.25, -0.2) is 4.21 Å². The lowest BCUT2D eigenvalue weighted by atomic mass is 10.1. The van der Waals surface area contributed by atoms with Gasteiger partial charge < -0.3 is 14.0 Å². The molecule has 1 heterocycles. The van der Waals surface area contributed by atoms with Gasteiger partial charge in [-0.1, -0.05) is 19.1 Å². The van der Waals surface area contributed by atoms with Crippen LogP contribution >= 0.6 is 0 Å². The summed E-state index contributed by atoms with van der Waals surface area (Å²) in [7, 11) is -1.18. The van der Waals surface area contributed by atoms with E-state index in [-0.39, 0.29) is 5.75 Å². The quantitative estimate of drug-likeness (QED) is 0.610. The predicted molar refractivity (Wildman–Crippen MR) is 107 cm³/mol. The maximum atomic E-state index is 12.6. The Bertz CT molecular complexity index is 1060. The molecule has 28 heavy (non-hydrogen) atoms. The summed E-state index contributed by atoms with van der Waals surface area (Å²) < 4.78 is 45.8. The third-order valence-corrected chi connectivity index (χ3v) is 4.76. The number of nitrogens with one attached hydrogen (secondary N) is 1. The van der Waals surface area contributed by atoms with Crippen LogP contribution in [0.2, 0.25) is 0 Å². The van der Waals surface area contributed by atoms with Crippen LogP contribution in [-0.2, 0) is 17.5 Å². The summed E-state index contributed by atoms with van der Waals surface area (Å²) in [6.45, 7) is -0.291. The van der Waals surface area contributed by atoms with Crippen LogP contribution in [0.4, 0.5) is 14.5 Å². The van der Waals surface area contributed by atoms with Crippen molar-refractivity contribution in [1.29, 1.82) is 5.26 Å². The SMILES string of the molecule is CCCn1c(-c2ccc(NS(C)=O)cc2)c(C#N)c2ccc(OC(F)F)cc21. The van der Waals surface area contributed by atoms with Crippen molar-refractivity contribution in [2.24, 2.45) is 0 Å². The number of anilines is 1. The van der Waals surface area contributed by atoms with Crippen molar-refractivity contribution in [3.8, 4) is 23.1 Å². The van der Waals surface area contributed by atoms with Gasteiger partial charge in [0.2, 0.25) is 0 Å². The Morgan fingerprint density at radius 1 is 1.25 bits per heavy atom. The largest absolute Gasteiger partial charge is 0.435 e. The lowest BCUT2D eigenvalue weighted by Crippen LogP contribution is -2.03. The van der Waals surface area contributed by atoms with Crippen molar-refractivity contribution < 1.29 is 17.7 Å². The highest BCUT2D eigenvalue weighted by Gasteiger charge is 2.19. The highest BCUT2D eigenvalue weighted by molar-refractivity contribution is 7.85. The first-order chi connectivity index (χ1) is 13.4. The van der Waals surface area contributed by atoms with Gasteiger partial charge in [0.1, 0.15) is 22.8 Å². The first kappa shape index (κ1) is 19.8. The summed E-state index contributed by atoms with van der Waals surface area (Å²) in [6.07, 6.45) is 2.34. The molecular formula is C20H19F2N3O2S. The summed E-state index contributed by atoms with van der Waals surface area (Å²) in [5.74, 6) is 0.0540. The molecule has 0 saturated heterocycles. The smallest absolute Gasteiger partial charge is 0.387 e. The number of hydrogen-bond donors (Lipinski definition) is 1. The van der Waals surface area contributed by atoms with Gasteiger partial charge in [-0.3, -0.25) is 0 Å². The predicted octanol–water partition coefficient (Wildman–Crippen LogP) is 4.90. The molecular weight excluding hydrogens is 384 g/mol. The standard InChI is InChI=1S/C20H19F2N3O2S/c1-3-10-25-18-11-15(27-20(21)22)8-9-16(18)17(12-23)19(25)13-4-6-14(7-5-13)24-28(2)26/h4-9,11,20,24H,3,10H2,1-2H3. The maximum Gasteiger partial charge on any atom is 0.387 e. The van der Waals surface area contributed by atoms with Gasteiger partial charge >= 0.3 is 6.61 Å². The molecule has 2 aromatic carbocycles. The normalized spacial score (nSPS) is 12.1. The third-order valence-electron chi connectivity index (χ3n) is 4.24. The summed E-state index contributed by atoms with van der Waals surface area (Å²) in [5.41, 5.74) is 3.38. The number of nitriles is 1. The number of rotatable bonds is 7. The summed E-state index contributed by atoms with van der Waals surface area (Å²) in [5, 5.41) is 10.5. The van der Waals surface area contributed by atoms with E-state index in [0.717, 1.165) is 17.7 Å². The number of ether oxygens (including phenoxy) is 1. The van der Waals surface area contributed by atoms with E-state index in [1.807, 2.05) is 23.6 Å². The summed E-state index contributed by atoms with van der Waals surface area (Å²) in [6, 6.07) is 14.1. The van der Waals surface area contributed by atoms with Crippen LogP contribution in [0.25, 0.3) is 22.2 Å². The first-order valence-corrected chi connectivity index (χ1v) is 10.2. The third kappa shape index (κ3) is 3.99. The molecule has 5 nitrogen and oxygen atoms in total. The molecule has 0 spiro atoms. The first-order valence-electron chi connectivity index (χ1n) is 8.66. The topological polar surface area (TPSA) is 67.0 Å². The van der Waals surface area contributed by atoms with Crippen molar-refractivity contribution in [2.75, 3.05) is 11.0 Å². The van der Waals surface area contributed by atoms with Crippen LogP contribution in [0.1, 0.15) is 18.9 Å². The van der Waals surface area contributed by atoms with Gasteiger partial charge in [0, 0.05) is 29.9 Å². The van der Waals surface area contributed by atoms with E-state index in [4.69, 9.17) is 0 Å². The fourth-order valence-corrected chi connectivity index (χ4v) is 3.70. The Morgan fingerprint density at radius 2 is 1.96 bits per heavy atom. The number of benzene rings is 2. The number of alkyl halides is 2. The van der Waals surface area contributed by atoms with Gasteiger partial charge in [-0.05, 0) is 36.2 Å². The Balaban J connectivity index is 2.18. The van der Waals surface area contributed by atoms with Crippen molar-refractivity contribution >= 4 is 27.6 Å². The van der Waals surface area contributed by atoms with Gasteiger partial charge in [0.05, 0.1) is 16.8 Å². The highest BCUT2D eigenvalue weighted by Crippen LogP contribution is 2.36. The second-order valence-corrected chi connectivity index (χ2v) is 7.29. The molecule has 0 bridgehead atoms. The number of aromatic nitrogens is 1. The molecule has 3 rings (SSSR count). The molecule has 1 N–H and O–H groups in total.